The van der Waals surface area contributed by atoms with Crippen molar-refractivity contribution in [2.75, 3.05) is 0 Å². The van der Waals surface area contributed by atoms with Crippen LogP contribution in [0.25, 0.3) is 11.4 Å². The maximum Gasteiger partial charge on any atom is 0.471 e. The molecule has 1 heterocycles. The maximum absolute atomic E-state index is 12.5. The van der Waals surface area contributed by atoms with Crippen molar-refractivity contribution in [3.8, 4) is 11.4 Å². The number of carbonyl (C=O) groups excluding carboxylic acids is 1. The summed E-state index contributed by atoms with van der Waals surface area (Å²) in [5, 5.41) is 15.0. The number of carbonyl (C=O) groups is 2. The van der Waals surface area contributed by atoms with Crippen molar-refractivity contribution in [1.29, 1.82) is 0 Å². The first-order valence-corrected chi connectivity index (χ1v) is 7.64. The number of halogens is 3. The number of alkyl halides is 3. The Kier molecular flexibility index (Phi) is 5.33. The third-order valence-electron chi connectivity index (χ3n) is 3.69. The van der Waals surface area contributed by atoms with Gasteiger partial charge in [0.05, 0.1) is 0 Å². The van der Waals surface area contributed by atoms with Gasteiger partial charge in [0.25, 0.3) is 5.91 Å². The molecule has 0 aliphatic carbocycles. The summed E-state index contributed by atoms with van der Waals surface area (Å²) in [6.45, 7) is 3.20. The highest BCUT2D eigenvalue weighted by atomic mass is 19.4. The van der Waals surface area contributed by atoms with E-state index in [1.54, 1.807) is 6.92 Å². The van der Waals surface area contributed by atoms with Crippen molar-refractivity contribution in [3.05, 3.63) is 35.7 Å². The molecule has 26 heavy (non-hydrogen) atoms. The highest BCUT2D eigenvalue weighted by molar-refractivity contribution is 5.98. The first-order chi connectivity index (χ1) is 12.1. The van der Waals surface area contributed by atoms with E-state index in [0.29, 0.717) is 6.42 Å². The summed E-state index contributed by atoms with van der Waals surface area (Å²) < 4.78 is 41.6. The fraction of sp³-hybridized carbons (Fsp3) is 0.375. The fourth-order valence-electron chi connectivity index (χ4n) is 2.27. The van der Waals surface area contributed by atoms with Gasteiger partial charge in [-0.2, -0.15) is 18.2 Å². The lowest BCUT2D eigenvalue weighted by molar-refractivity contribution is -0.159. The number of nitrogens with zero attached hydrogens (tertiary/aromatic N) is 2. The number of hydrogen-bond acceptors (Lipinski definition) is 5. The third kappa shape index (κ3) is 4.19. The van der Waals surface area contributed by atoms with E-state index in [0.717, 1.165) is 0 Å². The number of amides is 1. The first kappa shape index (κ1) is 19.4. The molecule has 0 spiro atoms. The molecule has 7 nitrogen and oxygen atoms in total. The van der Waals surface area contributed by atoms with Crippen LogP contribution in [-0.4, -0.2) is 32.7 Å². The van der Waals surface area contributed by atoms with Crippen molar-refractivity contribution in [3.63, 3.8) is 0 Å². The molecule has 2 rings (SSSR count). The molecule has 0 saturated carbocycles. The minimum Gasteiger partial charge on any atom is -0.480 e. The molecule has 0 bridgehead atoms. The van der Waals surface area contributed by atoms with Gasteiger partial charge in [0.15, 0.2) is 0 Å². The molecule has 2 N–H and O–H groups in total. The Hall–Kier alpha value is -2.91. The highest BCUT2D eigenvalue weighted by Gasteiger charge is 2.38. The molecule has 1 aromatic heterocycles. The first-order valence-electron chi connectivity index (χ1n) is 7.64. The van der Waals surface area contributed by atoms with Gasteiger partial charge in [-0.05, 0) is 25.5 Å². The van der Waals surface area contributed by atoms with Crippen LogP contribution in [0, 0.1) is 0 Å². The van der Waals surface area contributed by atoms with Gasteiger partial charge in [-0.15, -0.1) is 0 Å². The van der Waals surface area contributed by atoms with E-state index in [9.17, 15) is 27.9 Å². The van der Waals surface area contributed by atoms with Crippen LogP contribution >= 0.6 is 0 Å². The summed E-state index contributed by atoms with van der Waals surface area (Å²) in [6.07, 6.45) is -3.94. The van der Waals surface area contributed by atoms with Crippen LogP contribution in [0.4, 0.5) is 13.2 Å². The number of aromatic nitrogens is 2. The van der Waals surface area contributed by atoms with E-state index < -0.39 is 29.5 Å². The zero-order valence-electron chi connectivity index (χ0n) is 13.9. The predicted octanol–water partition coefficient (Wildman–Crippen LogP) is 3.13. The van der Waals surface area contributed by atoms with Crippen molar-refractivity contribution in [1.82, 2.24) is 15.5 Å². The standard InChI is InChI=1S/C16H16F3N3O4/c1-3-8-15(2,14(24)25)21-12(23)10-6-4-9(5-7-10)11-20-13(26-22-11)16(17,18)19/h4-7H,3,8H2,1-2H3,(H,21,23)(H,24,25). The van der Waals surface area contributed by atoms with Crippen molar-refractivity contribution >= 4 is 11.9 Å². The number of hydrogen-bond donors (Lipinski definition) is 2. The topological polar surface area (TPSA) is 105 Å². The lowest BCUT2D eigenvalue weighted by atomic mass is 9.95. The second kappa shape index (κ2) is 7.14. The van der Waals surface area contributed by atoms with Gasteiger partial charge in [-0.1, -0.05) is 30.6 Å². The summed E-state index contributed by atoms with van der Waals surface area (Å²) in [6, 6.07) is 5.36. The highest BCUT2D eigenvalue weighted by Crippen LogP contribution is 2.29. The molecule has 140 valence electrons. The van der Waals surface area contributed by atoms with E-state index in [1.807, 2.05) is 0 Å². The molecule has 0 saturated heterocycles. The minimum absolute atomic E-state index is 0.150. The van der Waals surface area contributed by atoms with Gasteiger partial charge in [0.2, 0.25) is 5.82 Å². The maximum atomic E-state index is 12.5. The van der Waals surface area contributed by atoms with E-state index in [4.69, 9.17) is 0 Å². The quantitative estimate of drug-likeness (QED) is 0.808. The Labute approximate surface area is 146 Å². The van der Waals surface area contributed by atoms with Gasteiger partial charge in [0, 0.05) is 11.1 Å². The zero-order chi connectivity index (χ0) is 19.5. The Morgan fingerprint density at radius 2 is 1.85 bits per heavy atom. The summed E-state index contributed by atoms with van der Waals surface area (Å²) in [4.78, 5) is 26.9. The Balaban J connectivity index is 2.17. The van der Waals surface area contributed by atoms with Crippen LogP contribution < -0.4 is 5.32 Å². The molecule has 1 amide bonds. The molecule has 0 fully saturated rings. The van der Waals surface area contributed by atoms with Crippen LogP contribution in [0.15, 0.2) is 28.8 Å². The predicted molar refractivity (Wildman–Crippen MR) is 83.2 cm³/mol. The molecule has 0 aliphatic heterocycles. The number of rotatable bonds is 6. The average Bonchev–Trinajstić information content (AvgIpc) is 3.05. The third-order valence-corrected chi connectivity index (χ3v) is 3.69. The van der Waals surface area contributed by atoms with Crippen LogP contribution in [0.2, 0.25) is 0 Å². The van der Waals surface area contributed by atoms with Crippen molar-refractivity contribution in [2.45, 2.75) is 38.4 Å². The molecule has 2 aromatic rings. The number of nitrogens with one attached hydrogen (secondary N) is 1. The molecule has 0 aliphatic rings. The molecule has 10 heteroatoms. The van der Waals surface area contributed by atoms with Gasteiger partial charge >= 0.3 is 18.0 Å². The van der Waals surface area contributed by atoms with Gasteiger partial charge in [0.1, 0.15) is 5.54 Å². The van der Waals surface area contributed by atoms with E-state index in [-0.39, 0.29) is 23.4 Å². The average molecular weight is 371 g/mol. The second-order valence-electron chi connectivity index (χ2n) is 5.84. The number of carboxylic acid groups (broad SMARTS) is 1. The second-order valence-corrected chi connectivity index (χ2v) is 5.84. The van der Waals surface area contributed by atoms with E-state index in [1.165, 1.54) is 31.2 Å². The SMILES string of the molecule is CCCC(C)(NC(=O)c1ccc(-c2noc(C(F)(F)F)n2)cc1)C(=O)O. The van der Waals surface area contributed by atoms with Crippen molar-refractivity contribution < 1.29 is 32.4 Å². The van der Waals surface area contributed by atoms with Crippen LogP contribution in [0.1, 0.15) is 42.9 Å². The number of carboxylic acids is 1. The zero-order valence-corrected chi connectivity index (χ0v) is 13.9. The van der Waals surface area contributed by atoms with Gasteiger partial charge < -0.3 is 14.9 Å². The number of benzene rings is 1. The van der Waals surface area contributed by atoms with Gasteiger partial charge in [-0.25, -0.2) is 4.79 Å². The fourth-order valence-corrected chi connectivity index (χ4v) is 2.27. The Bertz CT molecular complexity index is 802. The lowest BCUT2D eigenvalue weighted by Crippen LogP contribution is -2.52. The smallest absolute Gasteiger partial charge is 0.471 e. The Morgan fingerprint density at radius 3 is 2.31 bits per heavy atom. The normalized spacial score (nSPS) is 13.9. The molecule has 1 atom stereocenters. The van der Waals surface area contributed by atoms with E-state index >= 15 is 0 Å². The summed E-state index contributed by atoms with van der Waals surface area (Å²) >= 11 is 0. The molecular formula is C16H16F3N3O4. The molecule has 1 aromatic carbocycles. The van der Waals surface area contributed by atoms with E-state index in [2.05, 4.69) is 20.0 Å². The van der Waals surface area contributed by atoms with Crippen LogP contribution in [-0.2, 0) is 11.0 Å². The number of aliphatic carboxylic acids is 1. The molecular weight excluding hydrogens is 355 g/mol. The van der Waals surface area contributed by atoms with Crippen molar-refractivity contribution in [2.24, 2.45) is 0 Å². The summed E-state index contributed by atoms with van der Waals surface area (Å²) in [5.74, 6) is -3.51. The summed E-state index contributed by atoms with van der Waals surface area (Å²) in [5.41, 5.74) is -1.05. The summed E-state index contributed by atoms with van der Waals surface area (Å²) in [7, 11) is 0. The Morgan fingerprint density at radius 1 is 1.23 bits per heavy atom. The largest absolute Gasteiger partial charge is 0.480 e. The van der Waals surface area contributed by atoms with Gasteiger partial charge in [-0.3, -0.25) is 4.79 Å². The van der Waals surface area contributed by atoms with Crippen LogP contribution in [0.5, 0.6) is 0 Å². The van der Waals surface area contributed by atoms with Crippen LogP contribution in [0.3, 0.4) is 0 Å². The molecule has 0 radical (unpaired) electrons. The molecule has 1 unspecified atom stereocenters. The minimum atomic E-state index is -4.74. The monoisotopic (exact) mass is 371 g/mol. The lowest BCUT2D eigenvalue weighted by Gasteiger charge is -2.25.